The number of amides is 1. The molecule has 3 aromatic rings. The molecule has 1 N–H and O–H groups in total. The van der Waals surface area contributed by atoms with Crippen LogP contribution in [0.3, 0.4) is 0 Å². The standard InChI is InChI=1S/C20H23ClN4O4S2/c1-11-18(13(3)29-23-11)31(27,28)24-12(2)20(26)25-8-6-14(7-9-25)19-22-16-10-15(21)4-5-17(16)30-19/h4-5,10,12,14,24H,6-9H2,1-3H3/t12-/m0/s1. The first kappa shape index (κ1) is 22.2. The Balaban J connectivity index is 1.39. The molecule has 1 atom stereocenters. The lowest BCUT2D eigenvalue weighted by Crippen LogP contribution is -2.49. The van der Waals surface area contributed by atoms with Gasteiger partial charge in [0, 0.05) is 24.0 Å². The van der Waals surface area contributed by atoms with E-state index in [1.54, 1.807) is 30.1 Å². The lowest BCUT2D eigenvalue weighted by atomic mass is 9.97. The highest BCUT2D eigenvalue weighted by atomic mass is 35.5. The third-order valence-electron chi connectivity index (χ3n) is 5.46. The number of likely N-dealkylation sites (tertiary alicyclic amines) is 1. The van der Waals surface area contributed by atoms with Crippen LogP contribution in [0.4, 0.5) is 0 Å². The van der Waals surface area contributed by atoms with Crippen molar-refractivity contribution in [3.05, 3.63) is 39.7 Å². The maximum Gasteiger partial charge on any atom is 0.246 e. The summed E-state index contributed by atoms with van der Waals surface area (Å²) in [5.74, 6) is 0.224. The number of rotatable bonds is 5. The van der Waals surface area contributed by atoms with Crippen molar-refractivity contribution in [2.45, 2.75) is 50.5 Å². The van der Waals surface area contributed by atoms with Gasteiger partial charge in [0.25, 0.3) is 0 Å². The molecule has 1 aliphatic heterocycles. The average Bonchev–Trinajstić information content (AvgIpc) is 3.29. The van der Waals surface area contributed by atoms with E-state index in [2.05, 4.69) is 9.88 Å². The summed E-state index contributed by atoms with van der Waals surface area (Å²) in [7, 11) is -3.91. The minimum atomic E-state index is -3.91. The van der Waals surface area contributed by atoms with E-state index in [0.717, 1.165) is 28.1 Å². The molecule has 0 spiro atoms. The van der Waals surface area contributed by atoms with Gasteiger partial charge >= 0.3 is 0 Å². The van der Waals surface area contributed by atoms with Crippen LogP contribution in [-0.4, -0.2) is 48.5 Å². The molecule has 1 saturated heterocycles. The topological polar surface area (TPSA) is 105 Å². The molecule has 1 aromatic carbocycles. The van der Waals surface area contributed by atoms with Crippen LogP contribution >= 0.6 is 22.9 Å². The van der Waals surface area contributed by atoms with Crippen LogP contribution < -0.4 is 4.72 Å². The fourth-order valence-corrected chi connectivity index (χ4v) is 6.72. The van der Waals surface area contributed by atoms with Crippen LogP contribution in [0.5, 0.6) is 0 Å². The molecule has 1 amide bonds. The predicted octanol–water partition coefficient (Wildman–Crippen LogP) is 3.63. The number of sulfonamides is 1. The van der Waals surface area contributed by atoms with Crippen LogP contribution in [0, 0.1) is 13.8 Å². The number of hydrogen-bond acceptors (Lipinski definition) is 7. The molecule has 8 nitrogen and oxygen atoms in total. The van der Waals surface area contributed by atoms with Crippen LogP contribution in [0.15, 0.2) is 27.6 Å². The van der Waals surface area contributed by atoms with E-state index in [0.29, 0.717) is 18.1 Å². The fourth-order valence-electron chi connectivity index (χ4n) is 3.91. The van der Waals surface area contributed by atoms with E-state index < -0.39 is 16.1 Å². The van der Waals surface area contributed by atoms with Gasteiger partial charge in [0.15, 0.2) is 5.76 Å². The van der Waals surface area contributed by atoms with Crippen LogP contribution in [-0.2, 0) is 14.8 Å². The van der Waals surface area contributed by atoms with Gasteiger partial charge in [-0.3, -0.25) is 4.79 Å². The number of hydrogen-bond donors (Lipinski definition) is 1. The van der Waals surface area contributed by atoms with Crippen molar-refractivity contribution < 1.29 is 17.7 Å². The highest BCUT2D eigenvalue weighted by Crippen LogP contribution is 2.34. The van der Waals surface area contributed by atoms with Crippen molar-refractivity contribution in [1.82, 2.24) is 19.8 Å². The number of nitrogens with zero attached hydrogens (tertiary/aromatic N) is 3. The van der Waals surface area contributed by atoms with Crippen molar-refractivity contribution in [1.29, 1.82) is 0 Å². The molecule has 166 valence electrons. The smallest absolute Gasteiger partial charge is 0.246 e. The molecule has 4 rings (SSSR count). The molecule has 0 aliphatic carbocycles. The number of fused-ring (bicyclic) bond motifs is 1. The highest BCUT2D eigenvalue weighted by Gasteiger charge is 2.32. The Kier molecular flexibility index (Phi) is 6.08. The Hall–Kier alpha value is -2.01. The van der Waals surface area contributed by atoms with Crippen LogP contribution in [0.1, 0.15) is 42.1 Å². The van der Waals surface area contributed by atoms with Gasteiger partial charge in [-0.15, -0.1) is 11.3 Å². The van der Waals surface area contributed by atoms with Gasteiger partial charge in [-0.25, -0.2) is 13.4 Å². The van der Waals surface area contributed by atoms with E-state index in [1.165, 1.54) is 6.92 Å². The van der Waals surface area contributed by atoms with Crippen molar-refractivity contribution >= 4 is 49.1 Å². The number of carbonyl (C=O) groups excluding carboxylic acids is 1. The number of benzene rings is 1. The lowest BCUT2D eigenvalue weighted by molar-refractivity contribution is -0.133. The van der Waals surface area contributed by atoms with Gasteiger partial charge < -0.3 is 9.42 Å². The number of thiazole rings is 1. The van der Waals surface area contributed by atoms with Crippen molar-refractivity contribution in [2.75, 3.05) is 13.1 Å². The Labute approximate surface area is 189 Å². The number of aryl methyl sites for hydroxylation is 2. The van der Waals surface area contributed by atoms with Gasteiger partial charge in [0.05, 0.1) is 21.3 Å². The average molecular weight is 483 g/mol. The zero-order valence-electron chi connectivity index (χ0n) is 17.4. The first-order valence-corrected chi connectivity index (χ1v) is 12.6. The van der Waals surface area contributed by atoms with Gasteiger partial charge in [-0.2, -0.15) is 4.72 Å². The summed E-state index contributed by atoms with van der Waals surface area (Å²) >= 11 is 7.71. The van der Waals surface area contributed by atoms with E-state index in [-0.39, 0.29) is 28.2 Å². The molecule has 1 fully saturated rings. The monoisotopic (exact) mass is 482 g/mol. The first-order chi connectivity index (χ1) is 14.7. The third-order valence-corrected chi connectivity index (χ3v) is 8.68. The second-order valence-electron chi connectivity index (χ2n) is 7.76. The second kappa shape index (κ2) is 8.50. The normalized spacial score (nSPS) is 16.7. The van der Waals surface area contributed by atoms with Gasteiger partial charge in [0.2, 0.25) is 15.9 Å². The minimum Gasteiger partial charge on any atom is -0.360 e. The summed E-state index contributed by atoms with van der Waals surface area (Å²) in [6, 6.07) is 4.81. The van der Waals surface area contributed by atoms with E-state index in [4.69, 9.17) is 21.1 Å². The molecule has 31 heavy (non-hydrogen) atoms. The minimum absolute atomic E-state index is 0.0122. The first-order valence-electron chi connectivity index (χ1n) is 9.95. The SMILES string of the molecule is Cc1noc(C)c1S(=O)(=O)N[C@@H](C)C(=O)N1CCC(c2nc3cc(Cl)ccc3s2)CC1. The highest BCUT2D eigenvalue weighted by molar-refractivity contribution is 7.89. The molecule has 11 heteroatoms. The maximum absolute atomic E-state index is 12.9. The molecular formula is C20H23ClN4O4S2. The molecule has 1 aliphatic rings. The second-order valence-corrected chi connectivity index (χ2v) is 10.9. The van der Waals surface area contributed by atoms with Gasteiger partial charge in [-0.05, 0) is 51.8 Å². The largest absolute Gasteiger partial charge is 0.360 e. The molecule has 0 radical (unpaired) electrons. The molecule has 0 unspecified atom stereocenters. The summed E-state index contributed by atoms with van der Waals surface area (Å²) in [5.41, 5.74) is 1.16. The van der Waals surface area contributed by atoms with E-state index in [9.17, 15) is 13.2 Å². The fraction of sp³-hybridized carbons (Fsp3) is 0.450. The number of nitrogens with one attached hydrogen (secondary N) is 1. The van der Waals surface area contributed by atoms with Gasteiger partial charge in [-0.1, -0.05) is 16.8 Å². The molecule has 0 saturated carbocycles. The summed E-state index contributed by atoms with van der Waals surface area (Å²) < 4.78 is 33.9. The Morgan fingerprint density at radius 3 is 2.68 bits per heavy atom. The van der Waals surface area contributed by atoms with E-state index >= 15 is 0 Å². The third kappa shape index (κ3) is 4.48. The van der Waals surface area contributed by atoms with Crippen molar-refractivity contribution in [2.24, 2.45) is 0 Å². The Morgan fingerprint density at radius 2 is 2.03 bits per heavy atom. The van der Waals surface area contributed by atoms with Crippen LogP contribution in [0.25, 0.3) is 10.2 Å². The number of aromatic nitrogens is 2. The quantitative estimate of drug-likeness (QED) is 0.595. The molecule has 2 aromatic heterocycles. The van der Waals surface area contributed by atoms with Crippen molar-refractivity contribution in [3.63, 3.8) is 0 Å². The Morgan fingerprint density at radius 1 is 1.32 bits per heavy atom. The van der Waals surface area contributed by atoms with Gasteiger partial charge in [0.1, 0.15) is 10.6 Å². The lowest BCUT2D eigenvalue weighted by Gasteiger charge is -2.33. The molecular weight excluding hydrogens is 460 g/mol. The number of carbonyl (C=O) groups is 1. The Bertz CT molecular complexity index is 1210. The van der Waals surface area contributed by atoms with E-state index in [1.807, 2.05) is 18.2 Å². The summed E-state index contributed by atoms with van der Waals surface area (Å²) in [6.07, 6.45) is 1.56. The zero-order valence-corrected chi connectivity index (χ0v) is 19.8. The predicted molar refractivity (Wildman–Crippen MR) is 119 cm³/mol. The number of halogens is 1. The van der Waals surface area contributed by atoms with Crippen LogP contribution in [0.2, 0.25) is 5.02 Å². The summed E-state index contributed by atoms with van der Waals surface area (Å²) in [6.45, 7) is 5.75. The summed E-state index contributed by atoms with van der Waals surface area (Å²) in [5, 5.41) is 5.40. The zero-order chi connectivity index (χ0) is 22.3. The molecule has 0 bridgehead atoms. The maximum atomic E-state index is 12.9. The van der Waals surface area contributed by atoms with Crippen molar-refractivity contribution in [3.8, 4) is 0 Å². The summed E-state index contributed by atoms with van der Waals surface area (Å²) in [4.78, 5) is 19.3. The molecule has 3 heterocycles. The number of piperidine rings is 1.